The van der Waals surface area contributed by atoms with Gasteiger partial charge in [0.2, 0.25) is 5.91 Å². The highest BCUT2D eigenvalue weighted by atomic mass is 16.5. The molecule has 1 N–H and O–H groups in total. The van der Waals surface area contributed by atoms with E-state index in [9.17, 15) is 4.79 Å². The maximum atomic E-state index is 13.0. The number of ether oxygens (including phenoxy) is 1. The maximum absolute atomic E-state index is 13.0. The van der Waals surface area contributed by atoms with Gasteiger partial charge in [0, 0.05) is 0 Å². The molecule has 0 aromatic heterocycles. The number of carbonyl (C=O) groups is 1. The first kappa shape index (κ1) is 19.8. The number of anilines is 1. The van der Waals surface area contributed by atoms with Gasteiger partial charge in [-0.05, 0) is 44.8 Å². The first-order valence-corrected chi connectivity index (χ1v) is 10.7. The van der Waals surface area contributed by atoms with E-state index in [1.807, 2.05) is 91.0 Å². The van der Waals surface area contributed by atoms with Crippen molar-refractivity contribution in [3.05, 3.63) is 120 Å². The van der Waals surface area contributed by atoms with E-state index >= 15 is 0 Å². The molecule has 0 atom stereocenters. The predicted octanol–water partition coefficient (Wildman–Crippen LogP) is 6.75. The first-order chi connectivity index (χ1) is 15.8. The topological polar surface area (TPSA) is 38.3 Å². The van der Waals surface area contributed by atoms with Gasteiger partial charge in [-0.3, -0.25) is 4.79 Å². The fourth-order valence-electron chi connectivity index (χ4n) is 3.99. The van der Waals surface area contributed by atoms with Crippen LogP contribution in [0.15, 0.2) is 109 Å². The Morgan fingerprint density at radius 3 is 2.16 bits per heavy atom. The lowest BCUT2D eigenvalue weighted by atomic mass is 10.0. The standard InChI is InChI=1S/C29H23NO2/c31-29(19-25-15-8-14-22-11-6-7-16-26(22)25)30-27-17-23-12-4-5-13-24(23)18-28(27)32-20-21-9-2-1-3-10-21/h1-18H,19-20H2,(H,30,31). The summed E-state index contributed by atoms with van der Waals surface area (Å²) in [4.78, 5) is 13.0. The van der Waals surface area contributed by atoms with Gasteiger partial charge in [-0.25, -0.2) is 0 Å². The fourth-order valence-corrected chi connectivity index (χ4v) is 3.99. The van der Waals surface area contributed by atoms with E-state index in [-0.39, 0.29) is 5.91 Å². The molecule has 1 amide bonds. The van der Waals surface area contributed by atoms with Crippen LogP contribution in [0.2, 0.25) is 0 Å². The van der Waals surface area contributed by atoms with Crippen molar-refractivity contribution >= 4 is 33.1 Å². The molecule has 5 aromatic rings. The largest absolute Gasteiger partial charge is 0.487 e. The second-order valence-electron chi connectivity index (χ2n) is 7.83. The summed E-state index contributed by atoms with van der Waals surface area (Å²) >= 11 is 0. The highest BCUT2D eigenvalue weighted by molar-refractivity contribution is 5.99. The third kappa shape index (κ3) is 4.33. The lowest BCUT2D eigenvalue weighted by molar-refractivity contribution is -0.115. The van der Waals surface area contributed by atoms with Gasteiger partial charge in [-0.2, -0.15) is 0 Å². The van der Waals surface area contributed by atoms with E-state index in [2.05, 4.69) is 23.5 Å². The van der Waals surface area contributed by atoms with Crippen LogP contribution < -0.4 is 10.1 Å². The number of hydrogen-bond donors (Lipinski definition) is 1. The molecule has 0 heterocycles. The molecule has 0 unspecified atom stereocenters. The quantitative estimate of drug-likeness (QED) is 0.332. The summed E-state index contributed by atoms with van der Waals surface area (Å²) in [6.07, 6.45) is 0.298. The van der Waals surface area contributed by atoms with Crippen LogP contribution in [0.25, 0.3) is 21.5 Å². The van der Waals surface area contributed by atoms with Crippen LogP contribution >= 0.6 is 0 Å². The van der Waals surface area contributed by atoms with Crippen molar-refractivity contribution in [2.45, 2.75) is 13.0 Å². The zero-order valence-corrected chi connectivity index (χ0v) is 17.6. The molecule has 5 aromatic carbocycles. The van der Waals surface area contributed by atoms with E-state index in [0.29, 0.717) is 24.5 Å². The molecule has 32 heavy (non-hydrogen) atoms. The summed E-state index contributed by atoms with van der Waals surface area (Å²) in [7, 11) is 0. The molecule has 0 saturated heterocycles. The monoisotopic (exact) mass is 417 g/mol. The molecule has 0 radical (unpaired) electrons. The Labute approximate surface area is 187 Å². The summed E-state index contributed by atoms with van der Waals surface area (Å²) in [5, 5.41) is 7.45. The molecule has 0 saturated carbocycles. The molecule has 0 spiro atoms. The van der Waals surface area contributed by atoms with Crippen LogP contribution in [0.5, 0.6) is 5.75 Å². The summed E-state index contributed by atoms with van der Waals surface area (Å²) in [6, 6.07) is 36.3. The summed E-state index contributed by atoms with van der Waals surface area (Å²) in [5.74, 6) is 0.597. The average Bonchev–Trinajstić information content (AvgIpc) is 2.83. The van der Waals surface area contributed by atoms with E-state index in [1.165, 1.54) is 0 Å². The first-order valence-electron chi connectivity index (χ1n) is 10.7. The highest BCUT2D eigenvalue weighted by Gasteiger charge is 2.12. The maximum Gasteiger partial charge on any atom is 0.228 e. The van der Waals surface area contributed by atoms with E-state index in [0.717, 1.165) is 32.7 Å². The van der Waals surface area contributed by atoms with Crippen LogP contribution in [-0.2, 0) is 17.8 Å². The molecule has 0 fully saturated rings. The van der Waals surface area contributed by atoms with Crippen LogP contribution in [0, 0.1) is 0 Å². The van der Waals surface area contributed by atoms with Gasteiger partial charge in [0.25, 0.3) is 0 Å². The minimum atomic E-state index is -0.0683. The summed E-state index contributed by atoms with van der Waals surface area (Å²) < 4.78 is 6.14. The molecular formula is C29H23NO2. The summed E-state index contributed by atoms with van der Waals surface area (Å²) in [6.45, 7) is 0.436. The molecule has 5 rings (SSSR count). The Morgan fingerprint density at radius 1 is 0.688 bits per heavy atom. The van der Waals surface area contributed by atoms with Crippen molar-refractivity contribution in [2.75, 3.05) is 5.32 Å². The van der Waals surface area contributed by atoms with Gasteiger partial charge in [-0.15, -0.1) is 0 Å². The molecule has 3 nitrogen and oxygen atoms in total. The van der Waals surface area contributed by atoms with Crippen LogP contribution in [-0.4, -0.2) is 5.91 Å². The number of nitrogens with one attached hydrogen (secondary N) is 1. The molecular weight excluding hydrogens is 394 g/mol. The van der Waals surface area contributed by atoms with Gasteiger partial charge < -0.3 is 10.1 Å². The Bertz CT molecular complexity index is 1390. The number of hydrogen-bond acceptors (Lipinski definition) is 2. The van der Waals surface area contributed by atoms with Crippen molar-refractivity contribution in [3.63, 3.8) is 0 Å². The molecule has 0 aliphatic carbocycles. The Balaban J connectivity index is 1.42. The minimum absolute atomic E-state index is 0.0683. The predicted molar refractivity (Wildman–Crippen MR) is 131 cm³/mol. The lowest BCUT2D eigenvalue weighted by Gasteiger charge is -2.15. The van der Waals surface area contributed by atoms with Gasteiger partial charge in [-0.1, -0.05) is 97.1 Å². The van der Waals surface area contributed by atoms with E-state index in [1.54, 1.807) is 0 Å². The van der Waals surface area contributed by atoms with E-state index in [4.69, 9.17) is 4.74 Å². The lowest BCUT2D eigenvalue weighted by Crippen LogP contribution is -2.15. The number of amides is 1. The number of fused-ring (bicyclic) bond motifs is 2. The van der Waals surface area contributed by atoms with Crippen molar-refractivity contribution in [3.8, 4) is 5.75 Å². The third-order valence-electron chi connectivity index (χ3n) is 5.59. The van der Waals surface area contributed by atoms with Crippen molar-refractivity contribution in [1.82, 2.24) is 0 Å². The van der Waals surface area contributed by atoms with E-state index < -0.39 is 0 Å². The Hall–Kier alpha value is -4.11. The van der Waals surface area contributed by atoms with Crippen LogP contribution in [0.1, 0.15) is 11.1 Å². The number of benzene rings is 5. The highest BCUT2D eigenvalue weighted by Crippen LogP contribution is 2.31. The van der Waals surface area contributed by atoms with Crippen molar-refractivity contribution in [2.24, 2.45) is 0 Å². The Kier molecular flexibility index (Phi) is 5.54. The van der Waals surface area contributed by atoms with Gasteiger partial charge in [0.1, 0.15) is 12.4 Å². The smallest absolute Gasteiger partial charge is 0.228 e. The zero-order valence-electron chi connectivity index (χ0n) is 17.6. The van der Waals surface area contributed by atoms with Crippen molar-refractivity contribution in [1.29, 1.82) is 0 Å². The molecule has 0 bridgehead atoms. The normalized spacial score (nSPS) is 10.9. The van der Waals surface area contributed by atoms with Crippen LogP contribution in [0.3, 0.4) is 0 Å². The zero-order chi connectivity index (χ0) is 21.8. The third-order valence-corrected chi connectivity index (χ3v) is 5.59. The molecule has 0 aliphatic heterocycles. The number of rotatable bonds is 6. The van der Waals surface area contributed by atoms with Gasteiger partial charge in [0.05, 0.1) is 12.1 Å². The molecule has 0 aliphatic rings. The van der Waals surface area contributed by atoms with Crippen LogP contribution in [0.4, 0.5) is 5.69 Å². The fraction of sp³-hybridized carbons (Fsp3) is 0.0690. The molecule has 156 valence electrons. The summed E-state index contributed by atoms with van der Waals surface area (Å²) in [5.41, 5.74) is 2.77. The Morgan fingerprint density at radius 2 is 1.34 bits per heavy atom. The van der Waals surface area contributed by atoms with Gasteiger partial charge >= 0.3 is 0 Å². The average molecular weight is 418 g/mol. The van der Waals surface area contributed by atoms with Gasteiger partial charge in [0.15, 0.2) is 0 Å². The second kappa shape index (κ2) is 8.94. The SMILES string of the molecule is O=C(Cc1cccc2ccccc12)Nc1cc2ccccc2cc1OCc1ccccc1. The molecule has 3 heteroatoms. The minimum Gasteiger partial charge on any atom is -0.487 e. The number of carbonyl (C=O) groups excluding carboxylic acids is 1. The van der Waals surface area contributed by atoms with Crippen molar-refractivity contribution < 1.29 is 9.53 Å². The second-order valence-corrected chi connectivity index (χ2v) is 7.83.